The molecule has 17 heavy (non-hydrogen) atoms. The molecule has 92 valence electrons. The first-order valence-electron chi connectivity index (χ1n) is 5.69. The first-order chi connectivity index (χ1) is 8.03. The Balaban J connectivity index is 2.17. The Morgan fingerprint density at radius 2 is 2.18 bits per heavy atom. The minimum absolute atomic E-state index is 0.234. The summed E-state index contributed by atoms with van der Waals surface area (Å²) < 4.78 is 5.51. The van der Waals surface area contributed by atoms with E-state index in [0.29, 0.717) is 11.8 Å². The Hall–Kier alpha value is -1.27. The second-order valence-corrected chi connectivity index (χ2v) is 5.01. The molecule has 0 aliphatic carbocycles. The van der Waals surface area contributed by atoms with Crippen molar-refractivity contribution in [2.24, 2.45) is 5.41 Å². The molecule has 1 rings (SSSR count). The monoisotopic (exact) mass is 252 g/mol. The number of hydrogen-bond acceptors (Lipinski definition) is 3. The smallest absolute Gasteiger partial charge is 0.137 e. The molecule has 1 aromatic rings. The topological polar surface area (TPSA) is 45.9 Å². The Labute approximate surface area is 107 Å². The minimum atomic E-state index is -0.234. The second kappa shape index (κ2) is 6.46. The molecule has 3 nitrogen and oxygen atoms in total. The van der Waals surface area contributed by atoms with Gasteiger partial charge in [0.2, 0.25) is 0 Å². The van der Waals surface area contributed by atoms with E-state index in [1.807, 2.05) is 13.8 Å². The summed E-state index contributed by atoms with van der Waals surface area (Å²) in [4.78, 5) is 3.93. The van der Waals surface area contributed by atoms with Crippen LogP contribution in [0.4, 0.5) is 0 Å². The number of hydrogen-bond donors (Lipinski definition) is 0. The lowest BCUT2D eigenvalue weighted by Gasteiger charge is -2.14. The van der Waals surface area contributed by atoms with Gasteiger partial charge in [0.1, 0.15) is 10.9 Å². The highest BCUT2D eigenvalue weighted by atomic mass is 35.5. The summed E-state index contributed by atoms with van der Waals surface area (Å²) in [6.07, 6.45) is 4.43. The molecule has 0 aliphatic heterocycles. The van der Waals surface area contributed by atoms with Crippen LogP contribution in [-0.4, -0.2) is 11.6 Å². The SMILES string of the molecule is CC(C)(C#N)CCCCOc1ccc(Cl)nc1. The van der Waals surface area contributed by atoms with Gasteiger partial charge in [0.15, 0.2) is 0 Å². The molecule has 1 aromatic heterocycles. The van der Waals surface area contributed by atoms with Crippen LogP contribution in [0.1, 0.15) is 33.1 Å². The van der Waals surface area contributed by atoms with Gasteiger partial charge >= 0.3 is 0 Å². The highest BCUT2D eigenvalue weighted by Gasteiger charge is 2.15. The molecule has 0 fully saturated rings. The molecule has 0 saturated carbocycles. The van der Waals surface area contributed by atoms with Crippen LogP contribution in [0.25, 0.3) is 0 Å². The molecule has 0 spiro atoms. The van der Waals surface area contributed by atoms with Crippen LogP contribution in [0.2, 0.25) is 5.15 Å². The average molecular weight is 253 g/mol. The molecule has 0 unspecified atom stereocenters. The van der Waals surface area contributed by atoms with Gasteiger partial charge < -0.3 is 4.74 Å². The summed E-state index contributed by atoms with van der Waals surface area (Å²) in [5, 5.41) is 9.32. The Kier molecular flexibility index (Phi) is 5.24. The van der Waals surface area contributed by atoms with Crippen molar-refractivity contribution in [3.05, 3.63) is 23.5 Å². The van der Waals surface area contributed by atoms with Crippen molar-refractivity contribution >= 4 is 11.6 Å². The number of aromatic nitrogens is 1. The fourth-order valence-corrected chi connectivity index (χ4v) is 1.47. The normalized spacial score (nSPS) is 10.9. The minimum Gasteiger partial charge on any atom is -0.492 e. The zero-order chi connectivity index (χ0) is 12.7. The molecule has 0 bridgehead atoms. The first kappa shape index (κ1) is 13.8. The number of ether oxygens (including phenoxy) is 1. The van der Waals surface area contributed by atoms with Gasteiger partial charge in [-0.05, 0) is 45.2 Å². The van der Waals surface area contributed by atoms with Crippen LogP contribution in [0, 0.1) is 16.7 Å². The van der Waals surface area contributed by atoms with E-state index in [2.05, 4.69) is 11.1 Å². The molecular weight excluding hydrogens is 236 g/mol. The van der Waals surface area contributed by atoms with Crippen LogP contribution in [0.15, 0.2) is 18.3 Å². The molecule has 4 heteroatoms. The third-order valence-electron chi connectivity index (χ3n) is 2.47. The van der Waals surface area contributed by atoms with Gasteiger partial charge in [0.05, 0.1) is 24.3 Å². The molecule has 0 aromatic carbocycles. The van der Waals surface area contributed by atoms with E-state index in [9.17, 15) is 0 Å². The van der Waals surface area contributed by atoms with E-state index in [1.54, 1.807) is 18.3 Å². The van der Waals surface area contributed by atoms with Crippen LogP contribution in [0.5, 0.6) is 5.75 Å². The van der Waals surface area contributed by atoms with Crippen LogP contribution in [0.3, 0.4) is 0 Å². The van der Waals surface area contributed by atoms with Crippen molar-refractivity contribution in [1.82, 2.24) is 4.98 Å². The number of unbranched alkanes of at least 4 members (excludes halogenated alkanes) is 1. The van der Waals surface area contributed by atoms with E-state index in [1.165, 1.54) is 0 Å². The molecule has 0 saturated heterocycles. The summed E-state index contributed by atoms with van der Waals surface area (Å²) in [7, 11) is 0. The van der Waals surface area contributed by atoms with E-state index in [4.69, 9.17) is 21.6 Å². The van der Waals surface area contributed by atoms with Gasteiger partial charge in [-0.25, -0.2) is 4.98 Å². The lowest BCUT2D eigenvalue weighted by Crippen LogP contribution is -2.08. The zero-order valence-corrected chi connectivity index (χ0v) is 11.0. The van der Waals surface area contributed by atoms with Crippen molar-refractivity contribution in [2.75, 3.05) is 6.61 Å². The van der Waals surface area contributed by atoms with E-state index in [-0.39, 0.29) is 5.41 Å². The summed E-state index contributed by atoms with van der Waals surface area (Å²) in [5.41, 5.74) is -0.234. The maximum atomic E-state index is 8.85. The summed E-state index contributed by atoms with van der Waals surface area (Å²) in [6.45, 7) is 4.55. The Morgan fingerprint density at radius 3 is 2.76 bits per heavy atom. The van der Waals surface area contributed by atoms with Crippen molar-refractivity contribution < 1.29 is 4.74 Å². The molecule has 0 aliphatic rings. The molecule has 0 amide bonds. The molecule has 0 atom stereocenters. The summed E-state index contributed by atoms with van der Waals surface area (Å²) >= 11 is 5.66. The average Bonchev–Trinajstić information content (AvgIpc) is 2.31. The highest BCUT2D eigenvalue weighted by molar-refractivity contribution is 6.29. The predicted octanol–water partition coefficient (Wildman–Crippen LogP) is 3.83. The van der Waals surface area contributed by atoms with Gasteiger partial charge in [-0.1, -0.05) is 11.6 Å². The van der Waals surface area contributed by atoms with Crippen LogP contribution in [-0.2, 0) is 0 Å². The van der Waals surface area contributed by atoms with Crippen molar-refractivity contribution in [3.8, 4) is 11.8 Å². The standard InChI is InChI=1S/C13H17ClN2O/c1-13(2,10-15)7-3-4-8-17-11-5-6-12(14)16-9-11/h5-6,9H,3-4,7-8H2,1-2H3. The third-order valence-corrected chi connectivity index (χ3v) is 2.69. The fourth-order valence-electron chi connectivity index (χ4n) is 1.36. The summed E-state index contributed by atoms with van der Waals surface area (Å²) in [6, 6.07) is 5.79. The molecule has 0 N–H and O–H groups in total. The highest BCUT2D eigenvalue weighted by Crippen LogP contribution is 2.21. The van der Waals surface area contributed by atoms with Gasteiger partial charge in [-0.15, -0.1) is 0 Å². The number of pyridine rings is 1. The van der Waals surface area contributed by atoms with Gasteiger partial charge in [0, 0.05) is 0 Å². The number of nitriles is 1. The van der Waals surface area contributed by atoms with Gasteiger partial charge in [-0.3, -0.25) is 0 Å². The molecular formula is C13H17ClN2O. The van der Waals surface area contributed by atoms with E-state index >= 15 is 0 Å². The fraction of sp³-hybridized carbons (Fsp3) is 0.538. The van der Waals surface area contributed by atoms with E-state index < -0.39 is 0 Å². The molecule has 0 radical (unpaired) electrons. The Morgan fingerprint density at radius 1 is 1.41 bits per heavy atom. The van der Waals surface area contributed by atoms with Gasteiger partial charge in [-0.2, -0.15) is 5.26 Å². The maximum absolute atomic E-state index is 8.85. The zero-order valence-electron chi connectivity index (χ0n) is 10.2. The predicted molar refractivity (Wildman–Crippen MR) is 68.0 cm³/mol. The summed E-state index contributed by atoms with van der Waals surface area (Å²) in [5.74, 6) is 0.731. The largest absolute Gasteiger partial charge is 0.492 e. The van der Waals surface area contributed by atoms with Crippen molar-refractivity contribution in [3.63, 3.8) is 0 Å². The lowest BCUT2D eigenvalue weighted by molar-refractivity contribution is 0.294. The maximum Gasteiger partial charge on any atom is 0.137 e. The van der Waals surface area contributed by atoms with E-state index in [0.717, 1.165) is 25.0 Å². The Bertz CT molecular complexity index is 381. The number of nitrogens with zero attached hydrogens (tertiary/aromatic N) is 2. The lowest BCUT2D eigenvalue weighted by atomic mass is 9.89. The van der Waals surface area contributed by atoms with Crippen LogP contribution < -0.4 is 4.74 Å². The van der Waals surface area contributed by atoms with Crippen molar-refractivity contribution in [2.45, 2.75) is 33.1 Å². The van der Waals surface area contributed by atoms with Crippen molar-refractivity contribution in [1.29, 1.82) is 5.26 Å². The number of halogens is 1. The quantitative estimate of drug-likeness (QED) is 0.571. The molecule has 1 heterocycles. The third kappa shape index (κ3) is 5.55. The van der Waals surface area contributed by atoms with Gasteiger partial charge in [0.25, 0.3) is 0 Å². The van der Waals surface area contributed by atoms with Crippen LogP contribution >= 0.6 is 11.6 Å². The first-order valence-corrected chi connectivity index (χ1v) is 6.07. The number of rotatable bonds is 6. The second-order valence-electron chi connectivity index (χ2n) is 4.62.